The lowest BCUT2D eigenvalue weighted by atomic mass is 10.2. The SMILES string of the molecule is C=S(=O)(O/N=C(\Sc1ccc([N+](=O)[O-])cc1)C(=O)OCC)c1ccc(C)cc1. The summed E-state index contributed by atoms with van der Waals surface area (Å²) in [5, 5.41) is 14.2. The molecule has 10 heteroatoms. The van der Waals surface area contributed by atoms with Gasteiger partial charge >= 0.3 is 5.97 Å². The molecule has 0 aromatic heterocycles. The molecule has 0 saturated carbocycles. The highest BCUT2D eigenvalue weighted by molar-refractivity contribution is 8.15. The Balaban J connectivity index is 2.25. The summed E-state index contributed by atoms with van der Waals surface area (Å²) in [6, 6.07) is 12.2. The molecule has 0 aliphatic heterocycles. The molecule has 0 aliphatic rings. The maximum absolute atomic E-state index is 12.7. The first-order valence-corrected chi connectivity index (χ1v) is 10.5. The quantitative estimate of drug-likeness (QED) is 0.133. The summed E-state index contributed by atoms with van der Waals surface area (Å²) in [5.41, 5.74) is 0.888. The zero-order valence-corrected chi connectivity index (χ0v) is 16.8. The molecular weight excluding hydrogens is 404 g/mol. The van der Waals surface area contributed by atoms with Crippen molar-refractivity contribution < 1.29 is 22.9 Å². The average Bonchev–Trinajstić information content (AvgIpc) is 2.66. The van der Waals surface area contributed by atoms with Crippen LogP contribution in [0.25, 0.3) is 0 Å². The summed E-state index contributed by atoms with van der Waals surface area (Å²) < 4.78 is 22.7. The van der Waals surface area contributed by atoms with E-state index in [0.717, 1.165) is 17.3 Å². The van der Waals surface area contributed by atoms with Gasteiger partial charge in [0.25, 0.3) is 5.69 Å². The van der Waals surface area contributed by atoms with Crippen LogP contribution in [0.2, 0.25) is 0 Å². The maximum Gasteiger partial charge on any atom is 0.367 e. The predicted molar refractivity (Wildman–Crippen MR) is 109 cm³/mol. The largest absolute Gasteiger partial charge is 0.461 e. The molecule has 28 heavy (non-hydrogen) atoms. The Morgan fingerprint density at radius 1 is 1.21 bits per heavy atom. The smallest absolute Gasteiger partial charge is 0.367 e. The normalized spacial score (nSPS) is 13.4. The van der Waals surface area contributed by atoms with Crippen LogP contribution in [0.4, 0.5) is 5.69 Å². The van der Waals surface area contributed by atoms with Crippen LogP contribution in [-0.2, 0) is 23.6 Å². The number of nitrogens with zero attached hydrogens (tertiary/aromatic N) is 2. The molecule has 2 rings (SSSR count). The lowest BCUT2D eigenvalue weighted by molar-refractivity contribution is -0.384. The minimum Gasteiger partial charge on any atom is -0.461 e. The fourth-order valence-corrected chi connectivity index (χ4v) is 3.51. The summed E-state index contributed by atoms with van der Waals surface area (Å²) in [6.45, 7) is 3.62. The highest BCUT2D eigenvalue weighted by Crippen LogP contribution is 2.24. The molecule has 0 saturated heterocycles. The number of rotatable bonds is 6. The topological polar surface area (TPSA) is 108 Å². The Morgan fingerprint density at radius 2 is 1.82 bits per heavy atom. The lowest BCUT2D eigenvalue weighted by Crippen LogP contribution is -2.16. The van der Waals surface area contributed by atoms with Crippen molar-refractivity contribution in [3.8, 4) is 0 Å². The molecule has 2 aromatic rings. The average molecular weight is 422 g/mol. The van der Waals surface area contributed by atoms with Crippen LogP contribution in [0, 0.1) is 17.0 Å². The van der Waals surface area contributed by atoms with Gasteiger partial charge in [0.05, 0.1) is 16.4 Å². The van der Waals surface area contributed by atoms with E-state index in [1.807, 2.05) is 6.92 Å². The number of hydrogen-bond acceptors (Lipinski definition) is 8. The number of ether oxygens (including phenoxy) is 1. The molecule has 0 amide bonds. The number of aryl methyl sites for hydroxylation is 1. The van der Waals surface area contributed by atoms with Gasteiger partial charge in [-0.3, -0.25) is 14.4 Å². The number of oxime groups is 1. The van der Waals surface area contributed by atoms with Gasteiger partial charge < -0.3 is 4.74 Å². The summed E-state index contributed by atoms with van der Waals surface area (Å²) >= 11 is 0.870. The number of benzene rings is 2. The molecule has 0 aliphatic carbocycles. The fraction of sp³-hybridized carbons (Fsp3) is 0.167. The van der Waals surface area contributed by atoms with Crippen molar-refractivity contribution in [1.29, 1.82) is 0 Å². The first-order valence-electron chi connectivity index (χ1n) is 8.03. The molecule has 1 unspecified atom stereocenters. The van der Waals surface area contributed by atoms with Crippen LogP contribution in [0.3, 0.4) is 0 Å². The summed E-state index contributed by atoms with van der Waals surface area (Å²) in [6.07, 6.45) is 0. The van der Waals surface area contributed by atoms with Gasteiger partial charge in [-0.25, -0.2) is 9.00 Å². The molecule has 2 aromatic carbocycles. The van der Waals surface area contributed by atoms with E-state index in [9.17, 15) is 19.1 Å². The van der Waals surface area contributed by atoms with E-state index in [4.69, 9.17) is 9.02 Å². The number of esters is 1. The van der Waals surface area contributed by atoms with Gasteiger partial charge in [0.1, 0.15) is 0 Å². The van der Waals surface area contributed by atoms with Crippen LogP contribution >= 0.6 is 11.8 Å². The molecule has 0 heterocycles. The van der Waals surface area contributed by atoms with E-state index in [0.29, 0.717) is 9.79 Å². The van der Waals surface area contributed by atoms with Gasteiger partial charge in [0, 0.05) is 17.0 Å². The van der Waals surface area contributed by atoms with Crippen molar-refractivity contribution in [2.75, 3.05) is 6.61 Å². The molecule has 8 nitrogen and oxygen atoms in total. The van der Waals surface area contributed by atoms with Crippen LogP contribution in [0.5, 0.6) is 0 Å². The van der Waals surface area contributed by atoms with Crippen LogP contribution in [0.1, 0.15) is 12.5 Å². The second-order valence-corrected chi connectivity index (χ2v) is 8.38. The zero-order valence-electron chi connectivity index (χ0n) is 15.2. The summed E-state index contributed by atoms with van der Waals surface area (Å²) in [4.78, 5) is 23.2. The van der Waals surface area contributed by atoms with Crippen LogP contribution < -0.4 is 0 Å². The Bertz CT molecular complexity index is 984. The highest BCUT2D eigenvalue weighted by atomic mass is 32.2. The van der Waals surface area contributed by atoms with Crippen molar-refractivity contribution in [1.82, 2.24) is 0 Å². The molecule has 0 radical (unpaired) electrons. The Morgan fingerprint density at radius 3 is 2.36 bits per heavy atom. The lowest BCUT2D eigenvalue weighted by Gasteiger charge is -2.09. The highest BCUT2D eigenvalue weighted by Gasteiger charge is 2.18. The second-order valence-electron chi connectivity index (χ2n) is 5.47. The van der Waals surface area contributed by atoms with E-state index >= 15 is 0 Å². The summed E-state index contributed by atoms with van der Waals surface area (Å²) in [5.74, 6) is 2.77. The van der Waals surface area contributed by atoms with Crippen molar-refractivity contribution >= 4 is 44.1 Å². The number of carbonyl (C=O) groups excluding carboxylic acids is 1. The van der Waals surface area contributed by atoms with Crippen molar-refractivity contribution in [2.24, 2.45) is 5.16 Å². The van der Waals surface area contributed by atoms with E-state index in [1.54, 1.807) is 31.2 Å². The number of non-ortho nitro benzene ring substituents is 1. The van der Waals surface area contributed by atoms with E-state index in [1.165, 1.54) is 24.3 Å². The van der Waals surface area contributed by atoms with Gasteiger partial charge in [-0.15, -0.1) is 0 Å². The number of nitro groups is 1. The molecule has 0 spiro atoms. The minimum atomic E-state index is -3.23. The van der Waals surface area contributed by atoms with Crippen molar-refractivity contribution in [2.45, 2.75) is 23.6 Å². The fourth-order valence-electron chi connectivity index (χ4n) is 1.92. The Hall–Kier alpha value is -2.85. The number of nitro benzene ring substituents is 1. The predicted octanol–water partition coefficient (Wildman–Crippen LogP) is 3.58. The number of thioether (sulfide) groups is 1. The maximum atomic E-state index is 12.7. The molecular formula is C18H18N2O6S2. The first-order chi connectivity index (χ1) is 13.2. The van der Waals surface area contributed by atoms with E-state index < -0.39 is 20.7 Å². The zero-order chi connectivity index (χ0) is 20.7. The van der Waals surface area contributed by atoms with Crippen LogP contribution in [0.15, 0.2) is 63.5 Å². The minimum absolute atomic E-state index is 0.0876. The van der Waals surface area contributed by atoms with Gasteiger partial charge in [0.2, 0.25) is 5.04 Å². The molecule has 0 N–H and O–H groups in total. The monoisotopic (exact) mass is 422 g/mol. The molecule has 1 atom stereocenters. The van der Waals surface area contributed by atoms with E-state index in [2.05, 4.69) is 11.0 Å². The second kappa shape index (κ2) is 9.38. The standard InChI is InChI=1S/C18H18N2O6S2/c1-4-25-18(21)17(27-15-9-7-14(8-10-15)20(22)23)19-26-28(3,24)16-11-5-13(2)6-12-16/h5-12H,3-4H2,1-2H3/b19-17-. The van der Waals surface area contributed by atoms with Gasteiger partial charge in [0.15, 0.2) is 9.80 Å². The first kappa shape index (κ1) is 21.5. The Labute approximate surface area is 166 Å². The van der Waals surface area contributed by atoms with E-state index in [-0.39, 0.29) is 17.3 Å². The number of carbonyl (C=O) groups is 1. The molecule has 0 fully saturated rings. The molecule has 148 valence electrons. The van der Waals surface area contributed by atoms with Gasteiger partial charge in [-0.2, -0.15) is 0 Å². The third kappa shape index (κ3) is 5.83. The van der Waals surface area contributed by atoms with Crippen molar-refractivity contribution in [3.63, 3.8) is 0 Å². The molecule has 0 bridgehead atoms. The number of hydrogen-bond donors (Lipinski definition) is 0. The van der Waals surface area contributed by atoms with Gasteiger partial charge in [-0.05, 0) is 44.0 Å². The third-order valence-electron chi connectivity index (χ3n) is 3.33. The van der Waals surface area contributed by atoms with Gasteiger partial charge in [-0.1, -0.05) is 34.6 Å². The summed E-state index contributed by atoms with van der Waals surface area (Å²) in [7, 11) is -3.23. The Kier molecular flexibility index (Phi) is 7.18. The van der Waals surface area contributed by atoms with Crippen LogP contribution in [-0.4, -0.2) is 32.6 Å². The third-order valence-corrected chi connectivity index (χ3v) is 5.58. The van der Waals surface area contributed by atoms with Crippen molar-refractivity contribution in [3.05, 3.63) is 64.2 Å².